The molecule has 0 aliphatic rings. The van der Waals surface area contributed by atoms with Crippen LogP contribution in [0.5, 0.6) is 5.75 Å². The molecule has 2 heterocycles. The van der Waals surface area contributed by atoms with Crippen molar-refractivity contribution in [3.8, 4) is 17.5 Å². The van der Waals surface area contributed by atoms with Gasteiger partial charge < -0.3 is 14.3 Å². The molecule has 150 valence electrons. The van der Waals surface area contributed by atoms with Crippen LogP contribution in [0.2, 0.25) is 0 Å². The highest BCUT2D eigenvalue weighted by atomic mass is 16.5. The van der Waals surface area contributed by atoms with Crippen LogP contribution in [0.4, 0.5) is 0 Å². The van der Waals surface area contributed by atoms with Crippen molar-refractivity contribution in [1.29, 1.82) is 5.26 Å². The third-order valence-electron chi connectivity index (χ3n) is 5.19. The van der Waals surface area contributed by atoms with Crippen LogP contribution in [0.1, 0.15) is 35.3 Å². The number of hydrogen-bond donors (Lipinski definition) is 1. The predicted octanol–water partition coefficient (Wildman–Crippen LogP) is 5.74. The largest absolute Gasteiger partial charge is 0.494 e. The van der Waals surface area contributed by atoms with Gasteiger partial charge in [-0.05, 0) is 87.4 Å². The molecular weight excluding hydrogens is 372 g/mol. The number of allylic oxidation sites excluding steroid dienone is 1. The summed E-state index contributed by atoms with van der Waals surface area (Å²) in [5, 5.41) is 9.79. The zero-order valence-electron chi connectivity index (χ0n) is 17.7. The van der Waals surface area contributed by atoms with Crippen LogP contribution in [0.3, 0.4) is 0 Å². The van der Waals surface area contributed by atoms with Crippen molar-refractivity contribution in [2.24, 2.45) is 0 Å². The van der Waals surface area contributed by atoms with E-state index in [1.165, 1.54) is 0 Å². The average Bonchev–Trinajstić information content (AvgIpc) is 3.27. The molecule has 4 rings (SSSR count). The molecule has 0 saturated heterocycles. The number of nitrogens with one attached hydrogen (secondary N) is 1. The van der Waals surface area contributed by atoms with E-state index in [1.54, 1.807) is 0 Å². The highest BCUT2D eigenvalue weighted by molar-refractivity contribution is 5.91. The normalized spacial score (nSPS) is 11.6. The Bertz CT molecular complexity index is 1280. The van der Waals surface area contributed by atoms with Gasteiger partial charge in [0, 0.05) is 17.1 Å². The van der Waals surface area contributed by atoms with E-state index >= 15 is 0 Å². The number of fused-ring (bicyclic) bond motifs is 1. The van der Waals surface area contributed by atoms with E-state index in [0.717, 1.165) is 45.0 Å². The molecule has 0 unspecified atom stereocenters. The Balaban J connectivity index is 1.73. The summed E-state index contributed by atoms with van der Waals surface area (Å²) in [4.78, 5) is 7.87. The maximum Gasteiger partial charge on any atom is 0.149 e. The van der Waals surface area contributed by atoms with Crippen molar-refractivity contribution < 1.29 is 4.74 Å². The summed E-state index contributed by atoms with van der Waals surface area (Å²) in [6, 6.07) is 18.5. The molecule has 30 heavy (non-hydrogen) atoms. The van der Waals surface area contributed by atoms with Gasteiger partial charge in [-0.3, -0.25) is 0 Å². The third kappa shape index (κ3) is 3.60. The molecule has 1 N–H and O–H groups in total. The first-order chi connectivity index (χ1) is 14.5. The van der Waals surface area contributed by atoms with Crippen LogP contribution in [0, 0.1) is 32.1 Å². The lowest BCUT2D eigenvalue weighted by Crippen LogP contribution is -1.99. The van der Waals surface area contributed by atoms with Crippen LogP contribution in [-0.4, -0.2) is 21.1 Å². The van der Waals surface area contributed by atoms with Crippen LogP contribution in [-0.2, 0) is 0 Å². The first-order valence-corrected chi connectivity index (χ1v) is 10.0. The molecule has 0 bridgehead atoms. The van der Waals surface area contributed by atoms with E-state index in [0.29, 0.717) is 18.0 Å². The van der Waals surface area contributed by atoms with Gasteiger partial charge >= 0.3 is 0 Å². The van der Waals surface area contributed by atoms with Crippen LogP contribution < -0.4 is 4.74 Å². The smallest absolute Gasteiger partial charge is 0.149 e. The number of hydrogen-bond acceptors (Lipinski definition) is 3. The summed E-state index contributed by atoms with van der Waals surface area (Å²) in [6.45, 7) is 8.79. The number of aromatic amines is 1. The van der Waals surface area contributed by atoms with Crippen LogP contribution in [0.15, 0.2) is 48.5 Å². The Morgan fingerprint density at radius 3 is 2.60 bits per heavy atom. The molecular formula is C25H24N4O. The molecule has 0 fully saturated rings. The van der Waals surface area contributed by atoms with Crippen molar-refractivity contribution in [1.82, 2.24) is 14.5 Å². The van der Waals surface area contributed by atoms with Crippen molar-refractivity contribution in [3.05, 3.63) is 76.9 Å². The zero-order valence-corrected chi connectivity index (χ0v) is 17.7. The fourth-order valence-corrected chi connectivity index (χ4v) is 3.75. The summed E-state index contributed by atoms with van der Waals surface area (Å²) >= 11 is 0. The van der Waals surface area contributed by atoms with Gasteiger partial charge in [-0.2, -0.15) is 5.26 Å². The van der Waals surface area contributed by atoms with Gasteiger partial charge in [0.05, 0.1) is 23.2 Å². The molecule has 0 spiro atoms. The topological polar surface area (TPSA) is 66.6 Å². The quantitative estimate of drug-likeness (QED) is 0.437. The summed E-state index contributed by atoms with van der Waals surface area (Å²) < 4.78 is 7.72. The van der Waals surface area contributed by atoms with Gasteiger partial charge in [0.2, 0.25) is 0 Å². The number of benzene rings is 2. The van der Waals surface area contributed by atoms with Crippen molar-refractivity contribution in [2.45, 2.75) is 27.7 Å². The fourth-order valence-electron chi connectivity index (χ4n) is 3.75. The van der Waals surface area contributed by atoms with Crippen molar-refractivity contribution in [2.75, 3.05) is 6.61 Å². The van der Waals surface area contributed by atoms with Gasteiger partial charge in [0.15, 0.2) is 0 Å². The number of ether oxygens (including phenoxy) is 1. The Kier molecular flexibility index (Phi) is 5.16. The molecule has 0 radical (unpaired) electrons. The molecule has 4 aromatic rings. The van der Waals surface area contributed by atoms with E-state index in [-0.39, 0.29) is 0 Å². The van der Waals surface area contributed by atoms with Gasteiger partial charge in [-0.1, -0.05) is 6.07 Å². The lowest BCUT2D eigenvalue weighted by Gasteiger charge is -2.11. The SMILES string of the molecule is CCOc1ccc(-n2c(C)cc(C=C(C#N)c3nc4ccc(C)cc4[nH]3)c2C)cc1. The van der Waals surface area contributed by atoms with E-state index < -0.39 is 0 Å². The van der Waals surface area contributed by atoms with Gasteiger partial charge in [0.25, 0.3) is 0 Å². The average molecular weight is 396 g/mol. The summed E-state index contributed by atoms with van der Waals surface area (Å²) in [5.74, 6) is 1.44. The number of aryl methyl sites for hydroxylation is 2. The van der Waals surface area contributed by atoms with Crippen molar-refractivity contribution >= 4 is 22.7 Å². The second-order valence-corrected chi connectivity index (χ2v) is 7.36. The molecule has 5 heteroatoms. The molecule has 0 amide bonds. The van der Waals surface area contributed by atoms with Gasteiger partial charge in [0.1, 0.15) is 17.6 Å². The monoisotopic (exact) mass is 396 g/mol. The zero-order chi connectivity index (χ0) is 21.3. The Morgan fingerprint density at radius 1 is 1.13 bits per heavy atom. The van der Waals surface area contributed by atoms with Crippen molar-refractivity contribution in [3.63, 3.8) is 0 Å². The number of aromatic nitrogens is 3. The second kappa shape index (κ2) is 7.92. The summed E-state index contributed by atoms with van der Waals surface area (Å²) in [5.41, 5.74) is 7.68. The number of rotatable bonds is 5. The van der Waals surface area contributed by atoms with Crippen LogP contribution in [0.25, 0.3) is 28.4 Å². The predicted molar refractivity (Wildman–Crippen MR) is 121 cm³/mol. The number of H-pyrrole nitrogens is 1. The minimum atomic E-state index is 0.510. The molecule has 0 atom stereocenters. The van der Waals surface area contributed by atoms with Gasteiger partial charge in [-0.25, -0.2) is 4.98 Å². The van der Waals surface area contributed by atoms with Crippen LogP contribution >= 0.6 is 0 Å². The maximum absolute atomic E-state index is 9.79. The first-order valence-electron chi connectivity index (χ1n) is 10.0. The Labute approximate surface area is 176 Å². The van der Waals surface area contributed by atoms with E-state index in [9.17, 15) is 5.26 Å². The molecule has 0 aliphatic heterocycles. The lowest BCUT2D eigenvalue weighted by atomic mass is 10.1. The standard InChI is InChI=1S/C25H24N4O/c1-5-30-22-9-7-21(8-10-22)29-17(3)13-19(18(29)4)14-20(15-26)25-27-23-11-6-16(2)12-24(23)28-25/h6-14H,5H2,1-4H3,(H,27,28). The van der Waals surface area contributed by atoms with Gasteiger partial charge in [-0.15, -0.1) is 0 Å². The number of imidazole rings is 1. The molecule has 0 aliphatic carbocycles. The fraction of sp³-hybridized carbons (Fsp3) is 0.200. The minimum absolute atomic E-state index is 0.510. The lowest BCUT2D eigenvalue weighted by molar-refractivity contribution is 0.340. The molecule has 5 nitrogen and oxygen atoms in total. The summed E-state index contributed by atoms with van der Waals surface area (Å²) in [7, 11) is 0. The Hall–Kier alpha value is -3.78. The molecule has 2 aromatic carbocycles. The highest BCUT2D eigenvalue weighted by Gasteiger charge is 2.13. The van der Waals surface area contributed by atoms with E-state index in [2.05, 4.69) is 40.5 Å². The minimum Gasteiger partial charge on any atom is -0.494 e. The maximum atomic E-state index is 9.79. The summed E-state index contributed by atoms with van der Waals surface area (Å²) in [6.07, 6.45) is 1.90. The Morgan fingerprint density at radius 2 is 1.90 bits per heavy atom. The van der Waals surface area contributed by atoms with E-state index in [1.807, 2.05) is 62.4 Å². The van der Waals surface area contributed by atoms with E-state index in [4.69, 9.17) is 4.74 Å². The third-order valence-corrected chi connectivity index (χ3v) is 5.19. The second-order valence-electron chi connectivity index (χ2n) is 7.36. The highest BCUT2D eigenvalue weighted by Crippen LogP contribution is 2.26. The number of nitriles is 1. The number of nitrogens with zero attached hydrogens (tertiary/aromatic N) is 3. The molecule has 0 saturated carbocycles. The molecule has 2 aromatic heterocycles. The first kappa shape index (κ1) is 19.5.